The maximum Gasteiger partial charge on any atom is 0.179 e. The van der Waals surface area contributed by atoms with Crippen LogP contribution in [-0.2, 0) is 6.54 Å². The van der Waals surface area contributed by atoms with Crippen LogP contribution in [0.25, 0.3) is 0 Å². The molecule has 0 heterocycles. The Labute approximate surface area is 126 Å². The Bertz CT molecular complexity index is 450. The largest absolute Gasteiger partial charge is 0.493 e. The van der Waals surface area contributed by atoms with Crippen molar-refractivity contribution in [2.75, 3.05) is 34.4 Å². The normalized spacial score (nSPS) is 14.7. The number of hydrogen-bond donors (Lipinski definition) is 1. The van der Waals surface area contributed by atoms with Crippen LogP contribution in [-0.4, -0.2) is 45.3 Å². The lowest BCUT2D eigenvalue weighted by molar-refractivity contribution is 0.321. The molecule has 20 heavy (non-hydrogen) atoms. The van der Waals surface area contributed by atoms with Crippen LogP contribution in [0.2, 0.25) is 5.02 Å². The van der Waals surface area contributed by atoms with Gasteiger partial charge in [-0.15, -0.1) is 0 Å². The number of ether oxygens (including phenoxy) is 2. The van der Waals surface area contributed by atoms with Crippen molar-refractivity contribution < 1.29 is 9.47 Å². The Morgan fingerprint density at radius 1 is 1.30 bits per heavy atom. The van der Waals surface area contributed by atoms with Crippen molar-refractivity contribution in [2.45, 2.75) is 25.4 Å². The second kappa shape index (κ2) is 7.16. The van der Waals surface area contributed by atoms with E-state index in [4.69, 9.17) is 21.1 Å². The van der Waals surface area contributed by atoms with Crippen LogP contribution in [0.3, 0.4) is 0 Å². The van der Waals surface area contributed by atoms with Gasteiger partial charge in [0.15, 0.2) is 11.5 Å². The first kappa shape index (κ1) is 15.4. The number of benzene rings is 1. The Morgan fingerprint density at radius 2 is 2.05 bits per heavy atom. The summed E-state index contributed by atoms with van der Waals surface area (Å²) < 4.78 is 10.5. The molecular formula is C15H23ClN2O2. The van der Waals surface area contributed by atoms with E-state index in [1.165, 1.54) is 12.8 Å². The fraction of sp³-hybridized carbons (Fsp3) is 0.600. The highest BCUT2D eigenvalue weighted by atomic mass is 35.5. The molecule has 1 fully saturated rings. The molecule has 112 valence electrons. The second-order valence-electron chi connectivity index (χ2n) is 5.16. The van der Waals surface area contributed by atoms with Gasteiger partial charge in [-0.25, -0.2) is 0 Å². The third-order valence-corrected chi connectivity index (χ3v) is 4.11. The summed E-state index contributed by atoms with van der Waals surface area (Å²) in [5.41, 5.74) is 1.03. The molecule has 0 aliphatic heterocycles. The molecule has 0 aromatic heterocycles. The van der Waals surface area contributed by atoms with E-state index < -0.39 is 0 Å². The highest BCUT2D eigenvalue weighted by molar-refractivity contribution is 6.33. The zero-order valence-corrected chi connectivity index (χ0v) is 13.2. The average Bonchev–Trinajstić information content (AvgIpc) is 3.28. The van der Waals surface area contributed by atoms with Crippen molar-refractivity contribution in [1.29, 1.82) is 0 Å². The van der Waals surface area contributed by atoms with Gasteiger partial charge in [0.2, 0.25) is 0 Å². The molecule has 0 unspecified atom stereocenters. The first-order valence-corrected chi connectivity index (χ1v) is 7.35. The SMILES string of the molecule is COc1ccc(CNCCN(C)C2CC2)c(Cl)c1OC. The van der Waals surface area contributed by atoms with Gasteiger partial charge in [-0.05, 0) is 31.5 Å². The van der Waals surface area contributed by atoms with Gasteiger partial charge in [0.1, 0.15) is 0 Å². The van der Waals surface area contributed by atoms with Crippen LogP contribution in [0.4, 0.5) is 0 Å². The summed E-state index contributed by atoms with van der Waals surface area (Å²) in [6, 6.07) is 4.67. The Hall–Kier alpha value is -0.970. The minimum absolute atomic E-state index is 0.601. The molecule has 5 heteroatoms. The van der Waals surface area contributed by atoms with Crippen molar-refractivity contribution in [3.8, 4) is 11.5 Å². The molecule has 0 saturated heterocycles. The summed E-state index contributed by atoms with van der Waals surface area (Å²) in [5.74, 6) is 1.26. The van der Waals surface area contributed by atoms with Crippen molar-refractivity contribution in [3.63, 3.8) is 0 Å². The Balaban J connectivity index is 1.85. The fourth-order valence-electron chi connectivity index (χ4n) is 2.24. The summed E-state index contributed by atoms with van der Waals surface area (Å²) in [7, 11) is 5.40. The number of nitrogens with one attached hydrogen (secondary N) is 1. The van der Waals surface area contributed by atoms with Crippen LogP contribution in [0.5, 0.6) is 11.5 Å². The number of hydrogen-bond acceptors (Lipinski definition) is 4. The van der Waals surface area contributed by atoms with Crippen LogP contribution in [0.1, 0.15) is 18.4 Å². The maximum atomic E-state index is 6.34. The quantitative estimate of drug-likeness (QED) is 0.748. The molecule has 1 aliphatic carbocycles. The predicted octanol–water partition coefficient (Wildman–Crippen LogP) is 2.54. The molecule has 1 aromatic carbocycles. The molecule has 4 nitrogen and oxygen atoms in total. The van der Waals surface area contributed by atoms with Crippen molar-refractivity contribution in [2.24, 2.45) is 0 Å². The summed E-state index contributed by atoms with van der Waals surface area (Å²) in [5, 5.41) is 4.04. The maximum absolute atomic E-state index is 6.34. The van der Waals surface area contributed by atoms with Gasteiger partial charge in [-0.2, -0.15) is 0 Å². The lowest BCUT2D eigenvalue weighted by Gasteiger charge is -2.16. The minimum Gasteiger partial charge on any atom is -0.493 e. The van der Waals surface area contributed by atoms with Gasteiger partial charge in [0.05, 0.1) is 19.2 Å². The van der Waals surface area contributed by atoms with Crippen LogP contribution in [0.15, 0.2) is 12.1 Å². The summed E-state index contributed by atoms with van der Waals surface area (Å²) in [4.78, 5) is 2.41. The topological polar surface area (TPSA) is 33.7 Å². The van der Waals surface area contributed by atoms with Gasteiger partial charge < -0.3 is 19.7 Å². The monoisotopic (exact) mass is 298 g/mol. The molecule has 1 aromatic rings. The van der Waals surface area contributed by atoms with E-state index in [0.717, 1.165) is 31.2 Å². The first-order valence-electron chi connectivity index (χ1n) is 6.97. The molecule has 2 rings (SSSR count). The minimum atomic E-state index is 0.601. The predicted molar refractivity (Wildman–Crippen MR) is 81.9 cm³/mol. The third kappa shape index (κ3) is 3.78. The van der Waals surface area contributed by atoms with E-state index in [9.17, 15) is 0 Å². The molecule has 1 aliphatic rings. The average molecular weight is 299 g/mol. The molecule has 0 radical (unpaired) electrons. The zero-order chi connectivity index (χ0) is 14.5. The number of likely N-dealkylation sites (N-methyl/N-ethyl adjacent to an activating group) is 1. The molecular weight excluding hydrogens is 276 g/mol. The molecule has 0 atom stereocenters. The molecule has 0 spiro atoms. The van der Waals surface area contributed by atoms with Crippen LogP contribution in [0, 0.1) is 0 Å². The third-order valence-electron chi connectivity index (χ3n) is 3.69. The highest BCUT2D eigenvalue weighted by Gasteiger charge is 2.25. The van der Waals surface area contributed by atoms with Gasteiger partial charge in [-0.3, -0.25) is 0 Å². The van der Waals surface area contributed by atoms with Gasteiger partial charge in [0, 0.05) is 25.7 Å². The molecule has 0 bridgehead atoms. The Kier molecular flexibility index (Phi) is 5.52. The van der Waals surface area contributed by atoms with Gasteiger partial charge >= 0.3 is 0 Å². The molecule has 0 amide bonds. The smallest absolute Gasteiger partial charge is 0.179 e. The second-order valence-corrected chi connectivity index (χ2v) is 5.54. The van der Waals surface area contributed by atoms with Crippen LogP contribution < -0.4 is 14.8 Å². The first-order chi connectivity index (χ1) is 9.67. The summed E-state index contributed by atoms with van der Waals surface area (Å²) in [6.45, 7) is 2.75. The number of methoxy groups -OCH3 is 2. The fourth-order valence-corrected chi connectivity index (χ4v) is 2.54. The van der Waals surface area contributed by atoms with Gasteiger partial charge in [-0.1, -0.05) is 17.7 Å². The lowest BCUT2D eigenvalue weighted by atomic mass is 10.2. The van der Waals surface area contributed by atoms with Crippen LogP contribution >= 0.6 is 11.6 Å². The van der Waals surface area contributed by atoms with E-state index in [0.29, 0.717) is 16.5 Å². The van der Waals surface area contributed by atoms with Crippen molar-refractivity contribution in [1.82, 2.24) is 10.2 Å². The number of nitrogens with zero attached hydrogens (tertiary/aromatic N) is 1. The van der Waals surface area contributed by atoms with Crippen molar-refractivity contribution >= 4 is 11.6 Å². The highest BCUT2D eigenvalue weighted by Crippen LogP contribution is 2.37. The summed E-state index contributed by atoms with van der Waals surface area (Å²) >= 11 is 6.34. The van der Waals surface area contributed by atoms with Crippen molar-refractivity contribution in [3.05, 3.63) is 22.7 Å². The molecule has 1 saturated carbocycles. The number of halogens is 1. The van der Waals surface area contributed by atoms with E-state index in [-0.39, 0.29) is 0 Å². The van der Waals surface area contributed by atoms with E-state index in [1.807, 2.05) is 12.1 Å². The van der Waals surface area contributed by atoms with E-state index in [1.54, 1.807) is 14.2 Å². The Morgan fingerprint density at radius 3 is 2.65 bits per heavy atom. The standard InChI is InChI=1S/C15H23ClN2O2/c1-18(12-5-6-12)9-8-17-10-11-4-7-13(19-2)15(20-3)14(11)16/h4,7,12,17H,5-6,8-10H2,1-3H3. The van der Waals surface area contributed by atoms with Gasteiger partial charge in [0.25, 0.3) is 0 Å². The lowest BCUT2D eigenvalue weighted by Crippen LogP contribution is -2.30. The zero-order valence-electron chi connectivity index (χ0n) is 12.4. The molecule has 1 N–H and O–H groups in total. The summed E-state index contributed by atoms with van der Waals surface area (Å²) in [6.07, 6.45) is 2.69. The van der Waals surface area contributed by atoms with E-state index in [2.05, 4.69) is 17.3 Å². The number of rotatable bonds is 8. The van der Waals surface area contributed by atoms with E-state index >= 15 is 0 Å².